The predicted molar refractivity (Wildman–Crippen MR) is 86.1 cm³/mol. The van der Waals surface area contributed by atoms with E-state index in [2.05, 4.69) is 4.90 Å². The molecule has 2 unspecified atom stereocenters. The van der Waals surface area contributed by atoms with Gasteiger partial charge in [0.05, 0.1) is 11.5 Å². The van der Waals surface area contributed by atoms with Gasteiger partial charge in [0.25, 0.3) is 0 Å². The zero-order chi connectivity index (χ0) is 17.9. The smallest absolute Gasteiger partial charge is 0.340 e. The summed E-state index contributed by atoms with van der Waals surface area (Å²) in [4.78, 5) is 16.1. The Balaban J connectivity index is 1.91. The lowest BCUT2D eigenvalue weighted by Gasteiger charge is -2.36. The number of carbonyl (C=O) groups excluding carboxylic acids is 1. The van der Waals surface area contributed by atoms with Crippen molar-refractivity contribution < 1.29 is 18.0 Å². The van der Waals surface area contributed by atoms with Crippen LogP contribution in [0, 0.1) is 5.92 Å². The molecule has 7 heteroatoms. The molecule has 1 saturated heterocycles. The Labute approximate surface area is 140 Å². The fourth-order valence-electron chi connectivity index (χ4n) is 2.74. The van der Waals surface area contributed by atoms with Crippen molar-refractivity contribution in [2.75, 3.05) is 26.2 Å². The zero-order valence-corrected chi connectivity index (χ0v) is 14.0. The van der Waals surface area contributed by atoms with Gasteiger partial charge in [-0.2, -0.15) is 13.2 Å². The van der Waals surface area contributed by atoms with Crippen LogP contribution >= 0.6 is 0 Å². The second-order valence-corrected chi connectivity index (χ2v) is 6.45. The number of nitrogens with two attached hydrogens (primary N) is 1. The molecule has 1 aliphatic rings. The summed E-state index contributed by atoms with van der Waals surface area (Å²) in [5.41, 5.74) is 5.78. The van der Waals surface area contributed by atoms with E-state index in [4.69, 9.17) is 5.73 Å². The molecule has 134 valence electrons. The van der Waals surface area contributed by atoms with Gasteiger partial charge in [-0.1, -0.05) is 25.1 Å². The van der Waals surface area contributed by atoms with Crippen LogP contribution in [0.5, 0.6) is 0 Å². The van der Waals surface area contributed by atoms with Gasteiger partial charge in [0, 0.05) is 38.8 Å². The predicted octanol–water partition coefficient (Wildman–Crippen LogP) is 2.33. The van der Waals surface area contributed by atoms with Crippen molar-refractivity contribution in [1.29, 1.82) is 0 Å². The number of rotatable bonds is 4. The molecule has 0 saturated carbocycles. The minimum absolute atomic E-state index is 0.0451. The van der Waals surface area contributed by atoms with Gasteiger partial charge in [-0.05, 0) is 18.6 Å². The molecule has 0 aromatic heterocycles. The van der Waals surface area contributed by atoms with Gasteiger partial charge in [0.15, 0.2) is 0 Å². The Hall–Kier alpha value is -1.60. The monoisotopic (exact) mass is 343 g/mol. The van der Waals surface area contributed by atoms with Crippen LogP contribution < -0.4 is 5.73 Å². The van der Waals surface area contributed by atoms with E-state index in [1.54, 1.807) is 11.0 Å². The van der Waals surface area contributed by atoms with E-state index in [9.17, 15) is 18.0 Å². The fraction of sp³-hybridized carbons (Fsp3) is 0.588. The Kier molecular flexibility index (Phi) is 5.87. The number of amides is 1. The van der Waals surface area contributed by atoms with Gasteiger partial charge < -0.3 is 10.6 Å². The SMILES string of the molecule is CC(N)C(C)C(=O)N1CCN(Cc2cccc(C(F)(F)F)c2)CC1. The third kappa shape index (κ3) is 4.70. The molecule has 1 aromatic rings. The lowest BCUT2D eigenvalue weighted by Crippen LogP contribution is -2.51. The molecule has 2 rings (SSSR count). The summed E-state index contributed by atoms with van der Waals surface area (Å²) in [6.45, 7) is 6.54. The van der Waals surface area contributed by atoms with Gasteiger partial charge in [0.1, 0.15) is 0 Å². The van der Waals surface area contributed by atoms with Crippen molar-refractivity contribution in [2.24, 2.45) is 11.7 Å². The van der Waals surface area contributed by atoms with E-state index < -0.39 is 11.7 Å². The molecular weight excluding hydrogens is 319 g/mol. The van der Waals surface area contributed by atoms with Crippen LogP contribution in [-0.4, -0.2) is 47.9 Å². The summed E-state index contributed by atoms with van der Waals surface area (Å²) in [6.07, 6.45) is -4.32. The molecule has 1 aromatic carbocycles. The quantitative estimate of drug-likeness (QED) is 0.913. The number of carbonyl (C=O) groups is 1. The van der Waals surface area contributed by atoms with Crippen LogP contribution in [0.4, 0.5) is 13.2 Å². The van der Waals surface area contributed by atoms with E-state index in [1.165, 1.54) is 12.1 Å². The topological polar surface area (TPSA) is 49.6 Å². The maximum atomic E-state index is 12.8. The Bertz CT molecular complexity index is 566. The van der Waals surface area contributed by atoms with E-state index in [1.807, 2.05) is 13.8 Å². The molecule has 0 spiro atoms. The second kappa shape index (κ2) is 7.53. The standard InChI is InChI=1S/C17H24F3N3O/c1-12(13(2)21)16(24)23-8-6-22(7-9-23)11-14-4-3-5-15(10-14)17(18,19)20/h3-5,10,12-13H,6-9,11,21H2,1-2H3. The van der Waals surface area contributed by atoms with Crippen LogP contribution in [0.2, 0.25) is 0 Å². The molecule has 2 atom stereocenters. The van der Waals surface area contributed by atoms with Gasteiger partial charge in [-0.25, -0.2) is 0 Å². The molecule has 24 heavy (non-hydrogen) atoms. The lowest BCUT2D eigenvalue weighted by atomic mass is 10.0. The molecule has 0 aliphatic carbocycles. The van der Waals surface area contributed by atoms with Crippen molar-refractivity contribution in [3.63, 3.8) is 0 Å². The first-order chi connectivity index (χ1) is 11.2. The van der Waals surface area contributed by atoms with Crippen molar-refractivity contribution in [1.82, 2.24) is 9.80 Å². The highest BCUT2D eigenvalue weighted by molar-refractivity contribution is 5.79. The molecule has 2 N–H and O–H groups in total. The Morgan fingerprint density at radius 1 is 1.21 bits per heavy atom. The summed E-state index contributed by atoms with van der Waals surface area (Å²) >= 11 is 0. The third-order valence-corrected chi connectivity index (χ3v) is 4.52. The summed E-state index contributed by atoms with van der Waals surface area (Å²) in [6, 6.07) is 5.21. The molecule has 1 fully saturated rings. The van der Waals surface area contributed by atoms with E-state index in [0.717, 1.165) is 6.07 Å². The lowest BCUT2D eigenvalue weighted by molar-refractivity contribution is -0.138. The van der Waals surface area contributed by atoms with Crippen molar-refractivity contribution in [3.8, 4) is 0 Å². The number of halogens is 3. The van der Waals surface area contributed by atoms with Crippen LogP contribution in [0.1, 0.15) is 25.0 Å². The molecule has 0 radical (unpaired) electrons. The molecule has 4 nitrogen and oxygen atoms in total. The van der Waals surface area contributed by atoms with E-state index >= 15 is 0 Å². The summed E-state index contributed by atoms with van der Waals surface area (Å²) in [5.74, 6) is -0.177. The van der Waals surface area contributed by atoms with Crippen LogP contribution in [-0.2, 0) is 17.5 Å². The van der Waals surface area contributed by atoms with Crippen LogP contribution in [0.25, 0.3) is 0 Å². The first-order valence-electron chi connectivity index (χ1n) is 8.11. The van der Waals surface area contributed by atoms with Gasteiger partial charge in [-0.15, -0.1) is 0 Å². The van der Waals surface area contributed by atoms with Crippen LogP contribution in [0.3, 0.4) is 0 Å². The number of nitrogens with zero attached hydrogens (tertiary/aromatic N) is 2. The fourth-order valence-corrected chi connectivity index (χ4v) is 2.74. The van der Waals surface area contributed by atoms with Gasteiger partial charge >= 0.3 is 6.18 Å². The highest BCUT2D eigenvalue weighted by Crippen LogP contribution is 2.29. The number of alkyl halides is 3. The van der Waals surface area contributed by atoms with Crippen molar-refractivity contribution in [3.05, 3.63) is 35.4 Å². The average Bonchev–Trinajstić information content (AvgIpc) is 2.53. The molecule has 1 aliphatic heterocycles. The minimum Gasteiger partial charge on any atom is -0.340 e. The molecule has 1 amide bonds. The largest absolute Gasteiger partial charge is 0.416 e. The van der Waals surface area contributed by atoms with Gasteiger partial charge in [-0.3, -0.25) is 9.69 Å². The van der Waals surface area contributed by atoms with E-state index in [-0.39, 0.29) is 17.9 Å². The number of hydrogen-bond donors (Lipinski definition) is 1. The maximum Gasteiger partial charge on any atom is 0.416 e. The first-order valence-corrected chi connectivity index (χ1v) is 8.11. The number of piperazine rings is 1. The maximum absolute atomic E-state index is 12.8. The second-order valence-electron chi connectivity index (χ2n) is 6.45. The van der Waals surface area contributed by atoms with Crippen LogP contribution in [0.15, 0.2) is 24.3 Å². The highest BCUT2D eigenvalue weighted by Gasteiger charge is 2.31. The molecular formula is C17H24F3N3O. The zero-order valence-electron chi connectivity index (χ0n) is 14.0. The van der Waals surface area contributed by atoms with Crippen molar-refractivity contribution >= 4 is 5.91 Å². The highest BCUT2D eigenvalue weighted by atomic mass is 19.4. The Morgan fingerprint density at radius 2 is 1.83 bits per heavy atom. The molecule has 1 heterocycles. The third-order valence-electron chi connectivity index (χ3n) is 4.52. The molecule has 0 bridgehead atoms. The van der Waals surface area contributed by atoms with E-state index in [0.29, 0.717) is 38.3 Å². The summed E-state index contributed by atoms with van der Waals surface area (Å²) in [5, 5.41) is 0. The van der Waals surface area contributed by atoms with Gasteiger partial charge in [0.2, 0.25) is 5.91 Å². The number of benzene rings is 1. The first kappa shape index (κ1) is 18.7. The summed E-state index contributed by atoms with van der Waals surface area (Å²) < 4.78 is 38.3. The normalized spacial score (nSPS) is 19.2. The minimum atomic E-state index is -4.32. The van der Waals surface area contributed by atoms with Crippen molar-refractivity contribution in [2.45, 2.75) is 32.6 Å². The Morgan fingerprint density at radius 3 is 2.38 bits per heavy atom. The summed E-state index contributed by atoms with van der Waals surface area (Å²) in [7, 11) is 0. The number of hydrogen-bond acceptors (Lipinski definition) is 3. The average molecular weight is 343 g/mol.